The van der Waals surface area contributed by atoms with E-state index in [1.807, 2.05) is 11.5 Å². The van der Waals surface area contributed by atoms with Crippen molar-refractivity contribution >= 4 is 46.8 Å². The zero-order valence-corrected chi connectivity index (χ0v) is 20.7. The number of benzene rings is 1. The Bertz CT molecular complexity index is 952. The summed E-state index contributed by atoms with van der Waals surface area (Å²) < 4.78 is 1.98. The van der Waals surface area contributed by atoms with Gasteiger partial charge in [0.2, 0.25) is 5.91 Å². The third-order valence-corrected chi connectivity index (χ3v) is 7.42. The van der Waals surface area contributed by atoms with E-state index in [9.17, 15) is 9.59 Å². The first kappa shape index (κ1) is 24.9. The quantitative estimate of drug-likeness (QED) is 0.502. The van der Waals surface area contributed by atoms with Crippen molar-refractivity contribution in [2.75, 3.05) is 12.3 Å². The summed E-state index contributed by atoms with van der Waals surface area (Å²) in [5.41, 5.74) is 0.450. The minimum absolute atomic E-state index is 0.0369. The number of hydrogen-bond donors (Lipinski definition) is 2. The predicted molar refractivity (Wildman–Crippen MR) is 128 cm³/mol. The molecule has 1 aromatic heterocycles. The monoisotopic (exact) mass is 497 g/mol. The van der Waals surface area contributed by atoms with Gasteiger partial charge in [-0.05, 0) is 43.9 Å². The molecular weight excluding hydrogens is 469 g/mol. The van der Waals surface area contributed by atoms with Crippen LogP contribution in [0.1, 0.15) is 55.7 Å². The number of nitrogens with one attached hydrogen (secondary N) is 2. The fourth-order valence-corrected chi connectivity index (χ4v) is 5.00. The molecule has 7 nitrogen and oxygen atoms in total. The van der Waals surface area contributed by atoms with Gasteiger partial charge >= 0.3 is 0 Å². The summed E-state index contributed by atoms with van der Waals surface area (Å²) in [6.45, 7) is 5.31. The normalized spacial score (nSPS) is 18.4. The van der Waals surface area contributed by atoms with E-state index in [2.05, 4.69) is 27.8 Å². The van der Waals surface area contributed by atoms with Gasteiger partial charge in [0.25, 0.3) is 5.91 Å². The Morgan fingerprint density at radius 3 is 2.69 bits per heavy atom. The molecule has 2 atom stereocenters. The highest BCUT2D eigenvalue weighted by Gasteiger charge is 2.23. The number of carbonyl (C=O) groups is 2. The van der Waals surface area contributed by atoms with Gasteiger partial charge in [-0.3, -0.25) is 9.59 Å². The Morgan fingerprint density at radius 2 is 1.97 bits per heavy atom. The number of nitrogens with zero attached hydrogens (tertiary/aromatic N) is 3. The van der Waals surface area contributed by atoms with Crippen molar-refractivity contribution in [3.8, 4) is 0 Å². The average Bonchev–Trinajstić information content (AvgIpc) is 3.17. The first-order valence-electron chi connectivity index (χ1n) is 11.0. The van der Waals surface area contributed by atoms with E-state index < -0.39 is 0 Å². The van der Waals surface area contributed by atoms with Crippen LogP contribution in [-0.2, 0) is 17.8 Å². The van der Waals surface area contributed by atoms with Crippen LogP contribution in [0, 0.1) is 5.92 Å². The van der Waals surface area contributed by atoms with Crippen LogP contribution < -0.4 is 10.6 Å². The molecule has 0 bridgehead atoms. The second-order valence-corrected chi connectivity index (χ2v) is 9.76. The summed E-state index contributed by atoms with van der Waals surface area (Å²) in [7, 11) is 0. The molecule has 174 valence electrons. The molecule has 0 spiro atoms. The molecule has 0 saturated heterocycles. The molecule has 2 aromatic rings. The van der Waals surface area contributed by atoms with E-state index in [0.29, 0.717) is 51.9 Å². The van der Waals surface area contributed by atoms with Crippen molar-refractivity contribution in [3.05, 3.63) is 39.6 Å². The predicted octanol–water partition coefficient (Wildman–Crippen LogP) is 4.36. The van der Waals surface area contributed by atoms with Crippen LogP contribution in [0.3, 0.4) is 0 Å². The number of amides is 2. The molecule has 2 N–H and O–H groups in total. The molecular formula is C22H29Cl2N5O2S. The third-order valence-electron chi connectivity index (χ3n) is 5.72. The molecule has 3 rings (SSSR count). The van der Waals surface area contributed by atoms with E-state index >= 15 is 0 Å². The number of hydrogen-bond acceptors (Lipinski definition) is 5. The highest BCUT2D eigenvalue weighted by Crippen LogP contribution is 2.24. The fraction of sp³-hybridized carbons (Fsp3) is 0.545. The third kappa shape index (κ3) is 6.62. The van der Waals surface area contributed by atoms with E-state index in [0.717, 1.165) is 12.2 Å². The van der Waals surface area contributed by atoms with E-state index in [-0.39, 0.29) is 17.9 Å². The second-order valence-electron chi connectivity index (χ2n) is 8.00. The number of aromatic nitrogens is 3. The Morgan fingerprint density at radius 1 is 1.19 bits per heavy atom. The van der Waals surface area contributed by atoms with E-state index in [1.54, 1.807) is 18.2 Å². The largest absolute Gasteiger partial charge is 0.352 e. The maximum absolute atomic E-state index is 12.4. The maximum Gasteiger partial charge on any atom is 0.251 e. The minimum atomic E-state index is -0.227. The van der Waals surface area contributed by atoms with Gasteiger partial charge in [0, 0.05) is 31.1 Å². The van der Waals surface area contributed by atoms with Crippen LogP contribution in [0.4, 0.5) is 0 Å². The first-order valence-corrected chi connectivity index (χ1v) is 12.7. The smallest absolute Gasteiger partial charge is 0.251 e. The summed E-state index contributed by atoms with van der Waals surface area (Å²) in [6.07, 6.45) is 5.18. The molecule has 1 aromatic carbocycles. The van der Waals surface area contributed by atoms with Crippen molar-refractivity contribution in [3.63, 3.8) is 0 Å². The minimum Gasteiger partial charge on any atom is -0.352 e. The van der Waals surface area contributed by atoms with Gasteiger partial charge in [-0.15, -0.1) is 10.2 Å². The van der Waals surface area contributed by atoms with Crippen molar-refractivity contribution in [1.29, 1.82) is 0 Å². The van der Waals surface area contributed by atoms with Gasteiger partial charge < -0.3 is 15.2 Å². The molecule has 10 heteroatoms. The van der Waals surface area contributed by atoms with Crippen LogP contribution >= 0.6 is 35.0 Å². The van der Waals surface area contributed by atoms with Gasteiger partial charge in [0.05, 0.1) is 15.8 Å². The summed E-state index contributed by atoms with van der Waals surface area (Å²) in [6, 6.07) is 5.05. The Balaban J connectivity index is 1.49. The summed E-state index contributed by atoms with van der Waals surface area (Å²) >= 11 is 13.3. The van der Waals surface area contributed by atoms with Gasteiger partial charge in [0.15, 0.2) is 5.16 Å². The first-order chi connectivity index (χ1) is 15.4. The van der Waals surface area contributed by atoms with Gasteiger partial charge in [0.1, 0.15) is 5.82 Å². The second kappa shape index (κ2) is 11.9. The molecule has 1 aliphatic rings. The molecule has 1 saturated carbocycles. The molecule has 1 heterocycles. The van der Waals surface area contributed by atoms with Crippen molar-refractivity contribution in [1.82, 2.24) is 25.4 Å². The van der Waals surface area contributed by atoms with Crippen LogP contribution in [-0.4, -0.2) is 44.9 Å². The Labute approximate surface area is 203 Å². The molecule has 1 fully saturated rings. The molecule has 1 aliphatic carbocycles. The highest BCUT2D eigenvalue weighted by molar-refractivity contribution is 7.99. The molecule has 0 aliphatic heterocycles. The molecule has 2 amide bonds. The Kier molecular flexibility index (Phi) is 9.25. The fourth-order valence-electron chi connectivity index (χ4n) is 3.86. The van der Waals surface area contributed by atoms with Gasteiger partial charge in [-0.2, -0.15) is 0 Å². The lowest BCUT2D eigenvalue weighted by Gasteiger charge is -2.29. The van der Waals surface area contributed by atoms with Crippen molar-refractivity contribution < 1.29 is 9.59 Å². The van der Waals surface area contributed by atoms with E-state index in [4.69, 9.17) is 23.2 Å². The lowest BCUT2D eigenvalue weighted by atomic mass is 9.86. The van der Waals surface area contributed by atoms with Gasteiger partial charge in [-0.1, -0.05) is 54.7 Å². The number of halogens is 2. The topological polar surface area (TPSA) is 88.9 Å². The Hall–Kier alpha value is -1.77. The molecule has 32 heavy (non-hydrogen) atoms. The van der Waals surface area contributed by atoms with E-state index in [1.165, 1.54) is 31.0 Å². The summed E-state index contributed by atoms with van der Waals surface area (Å²) in [5, 5.41) is 16.0. The van der Waals surface area contributed by atoms with Crippen LogP contribution in [0.5, 0.6) is 0 Å². The van der Waals surface area contributed by atoms with Crippen molar-refractivity contribution in [2.24, 2.45) is 5.92 Å². The highest BCUT2D eigenvalue weighted by atomic mass is 35.5. The summed E-state index contributed by atoms with van der Waals surface area (Å²) in [4.78, 5) is 24.7. The lowest BCUT2D eigenvalue weighted by Crippen LogP contribution is -2.41. The van der Waals surface area contributed by atoms with Crippen LogP contribution in [0.25, 0.3) is 0 Å². The van der Waals surface area contributed by atoms with Crippen molar-refractivity contribution in [2.45, 2.75) is 63.7 Å². The standard InChI is InChI=1S/C22H29Cl2N5O2S/c1-3-29-19(10-11-25-21(31)15-8-9-16(23)17(24)12-15)27-28-22(29)32-13-20(30)26-18-7-5-4-6-14(18)2/h8-9,12,14,18H,3-7,10-11,13H2,1-2H3,(H,25,31)(H,26,30)/t14-,18-/m0/s1. The summed E-state index contributed by atoms with van der Waals surface area (Å²) in [5.74, 6) is 1.42. The number of carbonyl (C=O) groups excluding carboxylic acids is 2. The lowest BCUT2D eigenvalue weighted by molar-refractivity contribution is -0.119. The number of thioether (sulfide) groups is 1. The number of rotatable bonds is 9. The van der Waals surface area contributed by atoms with Crippen LogP contribution in [0.15, 0.2) is 23.4 Å². The zero-order chi connectivity index (χ0) is 23.1. The maximum atomic E-state index is 12.4. The molecule has 0 radical (unpaired) electrons. The zero-order valence-electron chi connectivity index (χ0n) is 18.4. The SMILES string of the molecule is CCn1c(CCNC(=O)c2ccc(Cl)c(Cl)c2)nnc1SCC(=O)N[C@H]1CCCC[C@@H]1C. The van der Waals surface area contributed by atoms with Gasteiger partial charge in [-0.25, -0.2) is 0 Å². The van der Waals surface area contributed by atoms with Crippen LogP contribution in [0.2, 0.25) is 10.0 Å². The molecule has 0 unspecified atom stereocenters. The average molecular weight is 498 g/mol.